The Balaban J connectivity index is 2.32. The second-order valence-corrected chi connectivity index (χ2v) is 7.25. The van der Waals surface area contributed by atoms with Gasteiger partial charge in [0.1, 0.15) is 0 Å². The summed E-state index contributed by atoms with van der Waals surface area (Å²) in [5, 5.41) is 2.77. The Labute approximate surface area is 129 Å². The van der Waals surface area contributed by atoms with Crippen molar-refractivity contribution < 1.29 is 14.0 Å². The van der Waals surface area contributed by atoms with Crippen LogP contribution in [0.4, 0.5) is 0 Å². The molecule has 0 aliphatic heterocycles. The second-order valence-electron chi connectivity index (χ2n) is 5.46. The quantitative estimate of drug-likeness (QED) is 0.567. The lowest BCUT2D eigenvalue weighted by Gasteiger charge is -2.13. The van der Waals surface area contributed by atoms with E-state index in [2.05, 4.69) is 18.0 Å². The van der Waals surface area contributed by atoms with Crippen molar-refractivity contribution in [1.82, 2.24) is 4.98 Å². The van der Waals surface area contributed by atoms with Crippen LogP contribution < -0.4 is 4.52 Å². The van der Waals surface area contributed by atoms with Gasteiger partial charge in [0.15, 0.2) is 0 Å². The van der Waals surface area contributed by atoms with E-state index in [-0.39, 0.29) is 5.88 Å². The van der Waals surface area contributed by atoms with Crippen LogP contribution in [0.15, 0.2) is 42.5 Å². The Morgan fingerprint density at radius 3 is 2.64 bits per heavy atom. The fraction of sp³-hybridized carbons (Fsp3) is 0.235. The molecule has 0 aliphatic rings. The first-order valence-corrected chi connectivity index (χ1v) is 9.31. The molecule has 22 heavy (non-hydrogen) atoms. The number of benzene rings is 2. The highest BCUT2D eigenvalue weighted by Crippen LogP contribution is 2.41. The molecular formula is C17H18NO3P. The van der Waals surface area contributed by atoms with E-state index < -0.39 is 7.60 Å². The molecule has 1 heterocycles. The maximum atomic E-state index is 11.7. The molecule has 0 saturated carbocycles. The summed E-state index contributed by atoms with van der Waals surface area (Å²) in [6.45, 7) is 3.29. The minimum atomic E-state index is -3.66. The average Bonchev–Trinajstić information content (AvgIpc) is 2.46. The molecule has 3 aromatic rings. The van der Waals surface area contributed by atoms with Crippen LogP contribution in [0, 0.1) is 0 Å². The van der Waals surface area contributed by atoms with E-state index >= 15 is 0 Å². The van der Waals surface area contributed by atoms with Gasteiger partial charge in [-0.2, -0.15) is 0 Å². The van der Waals surface area contributed by atoms with Gasteiger partial charge in [0.05, 0.1) is 5.52 Å². The van der Waals surface area contributed by atoms with E-state index in [0.29, 0.717) is 0 Å². The van der Waals surface area contributed by atoms with Crippen LogP contribution in [-0.4, -0.2) is 16.5 Å². The lowest BCUT2D eigenvalue weighted by Crippen LogP contribution is -1.95. The van der Waals surface area contributed by atoms with E-state index in [1.807, 2.05) is 36.4 Å². The van der Waals surface area contributed by atoms with Crippen molar-refractivity contribution in [1.29, 1.82) is 0 Å². The summed E-state index contributed by atoms with van der Waals surface area (Å²) < 4.78 is 16.9. The van der Waals surface area contributed by atoms with Crippen molar-refractivity contribution >= 4 is 29.3 Å². The minimum Gasteiger partial charge on any atom is -0.405 e. The van der Waals surface area contributed by atoms with Crippen LogP contribution in [0.25, 0.3) is 21.7 Å². The zero-order valence-electron chi connectivity index (χ0n) is 12.6. The van der Waals surface area contributed by atoms with Gasteiger partial charge in [0.25, 0.3) is 0 Å². The number of aryl methyl sites for hydroxylation is 1. The van der Waals surface area contributed by atoms with E-state index in [4.69, 9.17) is 4.52 Å². The molecule has 4 nitrogen and oxygen atoms in total. The van der Waals surface area contributed by atoms with E-state index in [0.717, 1.165) is 34.5 Å². The number of rotatable bonds is 4. The van der Waals surface area contributed by atoms with Crippen molar-refractivity contribution in [3.05, 3.63) is 48.0 Å². The average molecular weight is 315 g/mol. The first-order chi connectivity index (χ1) is 10.5. The highest BCUT2D eigenvalue weighted by Gasteiger charge is 2.17. The van der Waals surface area contributed by atoms with E-state index in [1.54, 1.807) is 0 Å². The zero-order valence-corrected chi connectivity index (χ0v) is 13.5. The summed E-state index contributed by atoms with van der Waals surface area (Å²) in [7, 11) is -3.66. The second kappa shape index (κ2) is 5.71. The van der Waals surface area contributed by atoms with Crippen LogP contribution in [0.1, 0.15) is 18.9 Å². The van der Waals surface area contributed by atoms with Crippen molar-refractivity contribution in [2.75, 3.05) is 6.66 Å². The summed E-state index contributed by atoms with van der Waals surface area (Å²) >= 11 is 0. The molecule has 0 bridgehead atoms. The summed E-state index contributed by atoms with van der Waals surface area (Å²) in [5.74, 6) is 0.222. The first-order valence-electron chi connectivity index (χ1n) is 7.29. The number of nitrogens with zero attached hydrogens (tertiary/aromatic N) is 1. The summed E-state index contributed by atoms with van der Waals surface area (Å²) in [6.07, 6.45) is 1.99. The van der Waals surface area contributed by atoms with Gasteiger partial charge in [-0.05, 0) is 29.5 Å². The van der Waals surface area contributed by atoms with Gasteiger partial charge in [-0.1, -0.05) is 43.7 Å². The molecule has 2 aromatic carbocycles. The van der Waals surface area contributed by atoms with Gasteiger partial charge in [-0.25, -0.2) is 9.55 Å². The fourth-order valence-corrected chi connectivity index (χ4v) is 3.11. The Hall–Kier alpha value is -1.90. The predicted molar refractivity (Wildman–Crippen MR) is 89.6 cm³/mol. The van der Waals surface area contributed by atoms with Crippen molar-refractivity contribution in [2.45, 2.75) is 19.8 Å². The SMILES string of the molecule is CCCc1ccc2c(c1)c(OP(C)(=O)O)nc1ccccc12. The van der Waals surface area contributed by atoms with Crippen molar-refractivity contribution in [3.63, 3.8) is 0 Å². The Bertz CT molecular complexity index is 886. The lowest BCUT2D eigenvalue weighted by atomic mass is 10.0. The zero-order chi connectivity index (χ0) is 15.7. The van der Waals surface area contributed by atoms with Crippen LogP contribution in [0.2, 0.25) is 0 Å². The molecule has 1 N–H and O–H groups in total. The largest absolute Gasteiger partial charge is 0.405 e. The lowest BCUT2D eigenvalue weighted by molar-refractivity contribution is 0.384. The van der Waals surface area contributed by atoms with Crippen LogP contribution in [-0.2, 0) is 11.0 Å². The van der Waals surface area contributed by atoms with Gasteiger partial charge in [-0.15, -0.1) is 0 Å². The Morgan fingerprint density at radius 2 is 1.91 bits per heavy atom. The van der Waals surface area contributed by atoms with Gasteiger partial charge >= 0.3 is 7.60 Å². The number of para-hydroxylation sites is 1. The monoisotopic (exact) mass is 315 g/mol. The van der Waals surface area contributed by atoms with Gasteiger partial charge in [0.2, 0.25) is 5.88 Å². The molecule has 0 saturated heterocycles. The number of hydrogen-bond acceptors (Lipinski definition) is 3. The third kappa shape index (κ3) is 2.99. The molecule has 0 aliphatic carbocycles. The van der Waals surface area contributed by atoms with Crippen LogP contribution >= 0.6 is 7.60 Å². The van der Waals surface area contributed by atoms with Crippen LogP contribution in [0.5, 0.6) is 5.88 Å². The van der Waals surface area contributed by atoms with Crippen molar-refractivity contribution in [2.24, 2.45) is 0 Å². The van der Waals surface area contributed by atoms with Crippen molar-refractivity contribution in [3.8, 4) is 5.88 Å². The van der Waals surface area contributed by atoms with Gasteiger partial charge < -0.3 is 9.42 Å². The standard InChI is InChI=1S/C17H18NO3P/c1-3-6-12-9-10-13-14-7-4-5-8-16(14)18-17(15(13)11-12)21-22(2,19)20/h4-5,7-11H,3,6H2,1-2H3,(H,19,20). The van der Waals surface area contributed by atoms with E-state index in [1.165, 1.54) is 12.2 Å². The maximum absolute atomic E-state index is 11.7. The first kappa shape index (κ1) is 15.0. The third-order valence-electron chi connectivity index (χ3n) is 3.53. The normalized spacial score (nSPS) is 14.1. The highest BCUT2D eigenvalue weighted by atomic mass is 31.2. The summed E-state index contributed by atoms with van der Waals surface area (Å²) in [5.41, 5.74) is 1.92. The Kier molecular flexibility index (Phi) is 3.90. The molecule has 114 valence electrons. The molecule has 1 unspecified atom stereocenters. The summed E-state index contributed by atoms with van der Waals surface area (Å²) in [4.78, 5) is 14.0. The minimum absolute atomic E-state index is 0.222. The molecular weight excluding hydrogens is 297 g/mol. The number of hydrogen-bond donors (Lipinski definition) is 1. The van der Waals surface area contributed by atoms with Crippen LogP contribution in [0.3, 0.4) is 0 Å². The topological polar surface area (TPSA) is 59.4 Å². The molecule has 1 atom stereocenters. The number of fused-ring (bicyclic) bond motifs is 3. The number of pyridine rings is 1. The smallest absolute Gasteiger partial charge is 0.374 e. The Morgan fingerprint density at radius 1 is 1.14 bits per heavy atom. The molecule has 1 aromatic heterocycles. The highest BCUT2D eigenvalue weighted by molar-refractivity contribution is 7.52. The number of aromatic nitrogens is 1. The van der Waals surface area contributed by atoms with Gasteiger partial charge in [-0.3, -0.25) is 0 Å². The predicted octanol–water partition coefficient (Wildman–Crippen LogP) is 4.53. The molecule has 0 radical (unpaired) electrons. The van der Waals surface area contributed by atoms with Gasteiger partial charge in [0, 0.05) is 17.4 Å². The molecule has 0 fully saturated rings. The molecule has 0 amide bonds. The molecule has 0 spiro atoms. The maximum Gasteiger partial charge on any atom is 0.374 e. The third-order valence-corrected chi connectivity index (χ3v) is 4.04. The fourth-order valence-electron chi connectivity index (χ4n) is 2.65. The molecule has 5 heteroatoms. The summed E-state index contributed by atoms with van der Waals surface area (Å²) in [6, 6.07) is 13.9. The van der Waals surface area contributed by atoms with E-state index in [9.17, 15) is 9.46 Å². The molecule has 3 rings (SSSR count).